The molecule has 16 nitrogen and oxygen atoms in total. The number of carbonyl (C=O) groups excluding carboxylic acids is 2. The van der Waals surface area contributed by atoms with E-state index in [1.54, 1.807) is 10.9 Å². The van der Waals surface area contributed by atoms with E-state index in [2.05, 4.69) is 25.3 Å². The Morgan fingerprint density at radius 2 is 2.03 bits per heavy atom. The third-order valence-corrected chi connectivity index (χ3v) is 5.71. The van der Waals surface area contributed by atoms with Crippen LogP contribution < -0.4 is 22.5 Å². The summed E-state index contributed by atoms with van der Waals surface area (Å²) in [5.41, 5.74) is 17.4. The molecule has 2 aromatic heterocycles. The van der Waals surface area contributed by atoms with E-state index in [9.17, 15) is 19.5 Å². The van der Waals surface area contributed by atoms with Crippen molar-refractivity contribution in [3.63, 3.8) is 0 Å². The van der Waals surface area contributed by atoms with Crippen molar-refractivity contribution in [3.8, 4) is 0 Å². The monoisotopic (exact) mass is 520 g/mol. The number of rotatable bonds is 13. The fourth-order valence-corrected chi connectivity index (χ4v) is 3.88. The number of hydrogen-bond donors (Lipinski definition) is 5. The topological polar surface area (TPSA) is 239 Å². The van der Waals surface area contributed by atoms with E-state index >= 15 is 0 Å². The number of carboxylic acid groups (broad SMARTS) is 1. The summed E-state index contributed by atoms with van der Waals surface area (Å²) in [6, 6.07) is -1.93. The van der Waals surface area contributed by atoms with Crippen LogP contribution in [-0.4, -0.2) is 98.4 Å². The lowest BCUT2D eigenvalue weighted by Gasteiger charge is -2.25. The number of nitrogen functional groups attached to an aromatic ring is 1. The Kier molecular flexibility index (Phi) is 9.76. The zero-order valence-corrected chi connectivity index (χ0v) is 20.3. The second-order valence-corrected chi connectivity index (χ2v) is 8.30. The molecule has 0 spiro atoms. The zero-order chi connectivity index (χ0) is 26.8. The first-order valence-corrected chi connectivity index (χ1v) is 11.8. The molecule has 2 aromatic rings. The van der Waals surface area contributed by atoms with Crippen molar-refractivity contribution in [1.29, 1.82) is 0 Å². The SMILES string of the molecule is NC(N)=NCCC[C@H](NC(=O)[C@@H]1CCCN1C(=O)OCCOCCn1cnc2c(N)ncnc21)C(=O)O. The van der Waals surface area contributed by atoms with Crippen molar-refractivity contribution in [1.82, 2.24) is 29.7 Å². The van der Waals surface area contributed by atoms with Crippen molar-refractivity contribution >= 4 is 40.9 Å². The van der Waals surface area contributed by atoms with Crippen LogP contribution in [0.1, 0.15) is 25.7 Å². The highest BCUT2D eigenvalue weighted by atomic mass is 16.6. The van der Waals surface area contributed by atoms with Gasteiger partial charge in [0.2, 0.25) is 5.91 Å². The van der Waals surface area contributed by atoms with E-state index in [-0.39, 0.29) is 32.1 Å². The van der Waals surface area contributed by atoms with E-state index in [1.807, 2.05) is 0 Å². The summed E-state index contributed by atoms with van der Waals surface area (Å²) < 4.78 is 12.6. The Hall–Kier alpha value is -4.21. The molecular weight excluding hydrogens is 488 g/mol. The van der Waals surface area contributed by atoms with Crippen LogP contribution in [0.15, 0.2) is 17.6 Å². The van der Waals surface area contributed by atoms with Gasteiger partial charge in [0.25, 0.3) is 0 Å². The van der Waals surface area contributed by atoms with E-state index in [1.165, 1.54) is 11.2 Å². The maximum atomic E-state index is 12.7. The number of aliphatic carboxylic acids is 1. The van der Waals surface area contributed by atoms with Gasteiger partial charge in [0.15, 0.2) is 17.4 Å². The molecule has 0 aromatic carbocycles. The van der Waals surface area contributed by atoms with Gasteiger partial charge < -0.3 is 41.7 Å². The number of guanidine groups is 1. The molecule has 16 heteroatoms. The fourth-order valence-electron chi connectivity index (χ4n) is 3.88. The van der Waals surface area contributed by atoms with E-state index in [0.29, 0.717) is 55.9 Å². The first-order chi connectivity index (χ1) is 17.8. The number of nitrogens with one attached hydrogen (secondary N) is 1. The van der Waals surface area contributed by atoms with Gasteiger partial charge in [0.05, 0.1) is 19.5 Å². The third kappa shape index (κ3) is 7.63. The number of aromatic nitrogens is 4. The number of likely N-dealkylation sites (tertiary alicyclic amines) is 1. The lowest BCUT2D eigenvalue weighted by molar-refractivity contribution is -0.142. The molecule has 3 heterocycles. The highest BCUT2D eigenvalue weighted by molar-refractivity contribution is 5.89. The second kappa shape index (κ2) is 13.2. The van der Waals surface area contributed by atoms with Crippen molar-refractivity contribution < 1.29 is 29.0 Å². The summed E-state index contributed by atoms with van der Waals surface area (Å²) in [5, 5.41) is 11.9. The number of hydrogen-bond acceptors (Lipinski definition) is 10. The van der Waals surface area contributed by atoms with E-state index in [4.69, 9.17) is 26.7 Å². The molecule has 2 atom stereocenters. The van der Waals surface area contributed by atoms with Crippen LogP contribution in [0.2, 0.25) is 0 Å². The Bertz CT molecular complexity index is 1120. The molecule has 37 heavy (non-hydrogen) atoms. The predicted molar refractivity (Wildman–Crippen MR) is 131 cm³/mol. The lowest BCUT2D eigenvalue weighted by Crippen LogP contribution is -2.51. The second-order valence-electron chi connectivity index (χ2n) is 8.30. The Morgan fingerprint density at radius 1 is 1.22 bits per heavy atom. The average molecular weight is 521 g/mol. The summed E-state index contributed by atoms with van der Waals surface area (Å²) in [5.74, 6) is -1.51. The summed E-state index contributed by atoms with van der Waals surface area (Å²) >= 11 is 0. The molecule has 0 saturated carbocycles. The van der Waals surface area contributed by atoms with Gasteiger partial charge in [-0.2, -0.15) is 0 Å². The maximum absolute atomic E-state index is 12.7. The molecular formula is C21H32N10O6. The number of ether oxygens (including phenoxy) is 2. The molecule has 3 rings (SSSR count). The molecule has 1 aliphatic heterocycles. The van der Waals surface area contributed by atoms with Crippen LogP contribution in [0.25, 0.3) is 11.2 Å². The number of nitrogens with two attached hydrogens (primary N) is 3. The van der Waals surface area contributed by atoms with E-state index < -0.39 is 30.1 Å². The molecule has 1 aliphatic rings. The summed E-state index contributed by atoms with van der Waals surface area (Å²) in [6.45, 7) is 1.50. The Morgan fingerprint density at radius 3 is 2.78 bits per heavy atom. The largest absolute Gasteiger partial charge is 0.480 e. The molecule has 1 fully saturated rings. The number of fused-ring (bicyclic) bond motifs is 1. The van der Waals surface area contributed by atoms with E-state index in [0.717, 1.165) is 0 Å². The Labute approximate surface area is 212 Å². The van der Waals surface area contributed by atoms with Gasteiger partial charge in [0, 0.05) is 19.6 Å². The smallest absolute Gasteiger partial charge is 0.410 e. The number of aliphatic imine (C=N–C) groups is 1. The van der Waals surface area contributed by atoms with Crippen molar-refractivity contribution in [2.24, 2.45) is 16.5 Å². The highest BCUT2D eigenvalue weighted by Gasteiger charge is 2.36. The quantitative estimate of drug-likeness (QED) is 0.117. The number of carboxylic acids is 1. The molecule has 0 unspecified atom stereocenters. The van der Waals surface area contributed by atoms with Crippen molar-refractivity contribution in [2.45, 2.75) is 44.3 Å². The van der Waals surface area contributed by atoms with Gasteiger partial charge in [0.1, 0.15) is 30.5 Å². The van der Waals surface area contributed by atoms with Crippen LogP contribution in [-0.2, 0) is 25.6 Å². The molecule has 1 saturated heterocycles. The fraction of sp³-hybridized carbons (Fsp3) is 0.571. The van der Waals surface area contributed by atoms with Crippen molar-refractivity contribution in [2.75, 3.05) is 38.6 Å². The van der Waals surface area contributed by atoms with Crippen LogP contribution in [0.3, 0.4) is 0 Å². The van der Waals surface area contributed by atoms with Crippen LogP contribution in [0.4, 0.5) is 10.6 Å². The van der Waals surface area contributed by atoms with Crippen LogP contribution in [0.5, 0.6) is 0 Å². The predicted octanol–water partition coefficient (Wildman–Crippen LogP) is -1.35. The molecule has 8 N–H and O–H groups in total. The first-order valence-electron chi connectivity index (χ1n) is 11.8. The maximum Gasteiger partial charge on any atom is 0.410 e. The minimum Gasteiger partial charge on any atom is -0.480 e. The van der Waals surface area contributed by atoms with Crippen LogP contribution in [0, 0.1) is 0 Å². The number of anilines is 1. The van der Waals surface area contributed by atoms with Gasteiger partial charge in [-0.3, -0.25) is 14.7 Å². The van der Waals surface area contributed by atoms with Gasteiger partial charge in [-0.05, 0) is 25.7 Å². The molecule has 0 radical (unpaired) electrons. The molecule has 0 aliphatic carbocycles. The zero-order valence-electron chi connectivity index (χ0n) is 20.3. The highest BCUT2D eigenvalue weighted by Crippen LogP contribution is 2.19. The standard InChI is InChI=1S/C21H32N10O6/c22-16-15-17(27-11-26-16)30(12-28-15)7-8-36-9-10-37-21(35)31-6-2-4-14(31)18(32)29-13(19(33)34)3-1-5-25-20(23)24/h11-14H,1-10H2,(H,29,32)(H,33,34)(H2,22,26,27)(H4,23,24,25)/t13-,14-/m0/s1. The first kappa shape index (κ1) is 27.4. The lowest BCUT2D eigenvalue weighted by atomic mass is 10.1. The summed E-state index contributed by atoms with van der Waals surface area (Å²) in [7, 11) is 0. The molecule has 202 valence electrons. The number of carbonyl (C=O) groups is 3. The molecule has 0 bridgehead atoms. The minimum atomic E-state index is -1.18. The number of nitrogens with zero attached hydrogens (tertiary/aromatic N) is 6. The van der Waals surface area contributed by atoms with Gasteiger partial charge in [-0.15, -0.1) is 0 Å². The Balaban J connectivity index is 1.39. The van der Waals surface area contributed by atoms with Crippen molar-refractivity contribution in [3.05, 3.63) is 12.7 Å². The summed E-state index contributed by atoms with van der Waals surface area (Å²) in [4.78, 5) is 54.1. The number of imidazole rings is 1. The van der Waals surface area contributed by atoms with Crippen LogP contribution >= 0.6 is 0 Å². The minimum absolute atomic E-state index is 0.00793. The van der Waals surface area contributed by atoms with Gasteiger partial charge >= 0.3 is 12.1 Å². The average Bonchev–Trinajstić information content (AvgIpc) is 3.51. The third-order valence-electron chi connectivity index (χ3n) is 5.71. The van der Waals surface area contributed by atoms with Gasteiger partial charge in [-0.25, -0.2) is 24.5 Å². The summed E-state index contributed by atoms with van der Waals surface area (Å²) in [6.07, 6.45) is 3.80. The normalized spacial score (nSPS) is 15.9. The van der Waals surface area contributed by atoms with Gasteiger partial charge in [-0.1, -0.05) is 0 Å². The number of amides is 2. The molecule has 2 amide bonds.